The Kier molecular flexibility index (Phi) is 5.00. The monoisotopic (exact) mass is 412 g/mol. The maximum absolute atomic E-state index is 10.5. The fourth-order valence-corrected chi connectivity index (χ4v) is 4.42. The number of amidine groups is 1. The molecule has 28 heavy (non-hydrogen) atoms. The Morgan fingerprint density at radius 2 is 2.00 bits per heavy atom. The molecular weight excluding hydrogens is 392 g/mol. The number of rotatable bonds is 5. The van der Waals surface area contributed by atoms with Gasteiger partial charge in [-0.15, -0.1) is 11.3 Å². The van der Waals surface area contributed by atoms with Gasteiger partial charge >= 0.3 is 0 Å². The van der Waals surface area contributed by atoms with E-state index in [0.717, 1.165) is 17.0 Å². The second-order valence-electron chi connectivity index (χ2n) is 7.07. The van der Waals surface area contributed by atoms with Crippen molar-refractivity contribution in [3.8, 4) is 11.3 Å². The highest BCUT2D eigenvalue weighted by Crippen LogP contribution is 2.33. The molecule has 1 aliphatic heterocycles. The van der Waals surface area contributed by atoms with Crippen LogP contribution < -0.4 is 0 Å². The van der Waals surface area contributed by atoms with Gasteiger partial charge in [-0.3, -0.25) is 5.41 Å². The lowest BCUT2D eigenvalue weighted by Gasteiger charge is -2.21. The molecule has 0 spiro atoms. The van der Waals surface area contributed by atoms with Crippen LogP contribution in [0.25, 0.3) is 16.8 Å². The van der Waals surface area contributed by atoms with Gasteiger partial charge in [0.15, 0.2) is 0 Å². The maximum atomic E-state index is 10.5. The largest absolute Gasteiger partial charge is 0.510 e. The number of nitrogens with one attached hydrogen (secondary N) is 1. The van der Waals surface area contributed by atoms with Gasteiger partial charge in [0.05, 0.1) is 24.4 Å². The molecule has 0 unspecified atom stereocenters. The highest BCUT2D eigenvalue weighted by atomic mass is 35.5. The highest BCUT2D eigenvalue weighted by Gasteiger charge is 2.30. The van der Waals surface area contributed by atoms with E-state index in [1.807, 2.05) is 46.8 Å². The number of aliphatic hydroxyl groups excluding tert-OH is 1. The van der Waals surface area contributed by atoms with E-state index < -0.39 is 0 Å². The van der Waals surface area contributed by atoms with E-state index in [4.69, 9.17) is 17.0 Å². The van der Waals surface area contributed by atoms with Crippen molar-refractivity contribution < 1.29 is 5.11 Å². The summed E-state index contributed by atoms with van der Waals surface area (Å²) in [6.07, 6.45) is 2.05. The summed E-state index contributed by atoms with van der Waals surface area (Å²) in [7, 11) is 0. The smallest absolute Gasteiger partial charge is 0.135 e. The molecule has 144 valence electrons. The van der Waals surface area contributed by atoms with Crippen LogP contribution >= 0.6 is 22.9 Å². The number of benzene rings is 1. The van der Waals surface area contributed by atoms with Crippen molar-refractivity contribution in [3.63, 3.8) is 0 Å². The third-order valence-electron chi connectivity index (χ3n) is 4.82. The number of aromatic nitrogens is 2. The minimum atomic E-state index is 0.199. The Labute approximate surface area is 173 Å². The van der Waals surface area contributed by atoms with Gasteiger partial charge in [0.2, 0.25) is 0 Å². The standard InChI is InChI=1S/C21H21ClN4OS/c1-13(2)26-9-3-4-16(26)10-25-11-18(27)19(20(25)23)21-24-17(12-28-21)14-5-7-15(22)8-6-14/h3-9,12-13,23,27H,10-11H2,1-2H3. The SMILES string of the molecule is CC(C)n1cccc1CN1CC(O)=C(c2nc(-c3ccc(Cl)cc3)cs2)C1=N. The van der Waals surface area contributed by atoms with Gasteiger partial charge < -0.3 is 14.6 Å². The zero-order valence-electron chi connectivity index (χ0n) is 15.7. The van der Waals surface area contributed by atoms with Gasteiger partial charge in [-0.05, 0) is 38.1 Å². The summed E-state index contributed by atoms with van der Waals surface area (Å²) < 4.78 is 2.18. The van der Waals surface area contributed by atoms with E-state index in [0.29, 0.717) is 40.6 Å². The number of aliphatic hydroxyl groups is 1. The van der Waals surface area contributed by atoms with E-state index in [1.54, 1.807) is 0 Å². The Morgan fingerprint density at radius 3 is 2.71 bits per heavy atom. The van der Waals surface area contributed by atoms with Gasteiger partial charge in [-0.25, -0.2) is 4.98 Å². The molecule has 1 aromatic carbocycles. The molecular formula is C21H21ClN4OS. The fraction of sp³-hybridized carbons (Fsp3) is 0.238. The predicted molar refractivity (Wildman–Crippen MR) is 115 cm³/mol. The predicted octanol–water partition coefficient (Wildman–Crippen LogP) is 5.61. The molecule has 0 atom stereocenters. The minimum Gasteiger partial charge on any atom is -0.510 e. The normalized spacial score (nSPS) is 14.6. The number of hydrogen-bond acceptors (Lipinski definition) is 4. The molecule has 0 fully saturated rings. The third-order valence-corrected chi connectivity index (χ3v) is 5.93. The molecule has 0 saturated carbocycles. The van der Waals surface area contributed by atoms with Gasteiger partial charge in [-0.2, -0.15) is 0 Å². The van der Waals surface area contributed by atoms with E-state index in [9.17, 15) is 5.11 Å². The first-order valence-corrected chi connectivity index (χ1v) is 10.3. The Balaban J connectivity index is 1.56. The van der Waals surface area contributed by atoms with Crippen LogP contribution in [0.15, 0.2) is 53.7 Å². The van der Waals surface area contributed by atoms with Crippen LogP contribution in [0.1, 0.15) is 30.6 Å². The van der Waals surface area contributed by atoms with Crippen molar-refractivity contribution in [3.05, 3.63) is 69.5 Å². The molecule has 4 rings (SSSR count). The minimum absolute atomic E-state index is 0.199. The molecule has 3 aromatic rings. The number of halogens is 1. The van der Waals surface area contributed by atoms with Gasteiger partial charge in [0, 0.05) is 33.9 Å². The first-order chi connectivity index (χ1) is 13.4. The van der Waals surface area contributed by atoms with Gasteiger partial charge in [0.25, 0.3) is 0 Å². The second-order valence-corrected chi connectivity index (χ2v) is 8.37. The molecule has 2 N–H and O–H groups in total. The molecule has 0 aliphatic carbocycles. The molecule has 0 radical (unpaired) electrons. The zero-order valence-corrected chi connectivity index (χ0v) is 17.3. The lowest BCUT2D eigenvalue weighted by Crippen LogP contribution is -2.27. The first-order valence-electron chi connectivity index (χ1n) is 9.07. The summed E-state index contributed by atoms with van der Waals surface area (Å²) in [5, 5.41) is 22.4. The Morgan fingerprint density at radius 1 is 1.25 bits per heavy atom. The number of thiazole rings is 1. The van der Waals surface area contributed by atoms with E-state index in [2.05, 4.69) is 29.5 Å². The van der Waals surface area contributed by atoms with Crippen LogP contribution in [0.4, 0.5) is 0 Å². The zero-order chi connectivity index (χ0) is 19.8. The fourth-order valence-electron chi connectivity index (χ4n) is 3.40. The van der Waals surface area contributed by atoms with Crippen molar-refractivity contribution in [2.45, 2.75) is 26.4 Å². The summed E-state index contributed by atoms with van der Waals surface area (Å²) in [4.78, 5) is 6.53. The molecule has 0 saturated heterocycles. The average Bonchev–Trinajstić information content (AvgIpc) is 3.36. The number of hydrogen-bond donors (Lipinski definition) is 2. The van der Waals surface area contributed by atoms with Crippen LogP contribution in [0.2, 0.25) is 5.02 Å². The average molecular weight is 413 g/mol. The lowest BCUT2D eigenvalue weighted by molar-refractivity contribution is 0.341. The van der Waals surface area contributed by atoms with E-state index >= 15 is 0 Å². The van der Waals surface area contributed by atoms with Crippen LogP contribution in [0.5, 0.6) is 0 Å². The summed E-state index contributed by atoms with van der Waals surface area (Å²) >= 11 is 7.39. The van der Waals surface area contributed by atoms with Crippen molar-refractivity contribution in [2.75, 3.05) is 6.54 Å². The van der Waals surface area contributed by atoms with Crippen molar-refractivity contribution in [1.82, 2.24) is 14.5 Å². The van der Waals surface area contributed by atoms with Gasteiger partial charge in [-0.1, -0.05) is 23.7 Å². The Bertz CT molecular complexity index is 1050. The third kappa shape index (κ3) is 3.45. The van der Waals surface area contributed by atoms with Crippen LogP contribution in [-0.4, -0.2) is 31.9 Å². The van der Waals surface area contributed by atoms with Crippen LogP contribution in [0.3, 0.4) is 0 Å². The lowest BCUT2D eigenvalue weighted by atomic mass is 10.2. The van der Waals surface area contributed by atoms with Crippen LogP contribution in [0, 0.1) is 5.41 Å². The van der Waals surface area contributed by atoms with Crippen LogP contribution in [-0.2, 0) is 6.54 Å². The van der Waals surface area contributed by atoms with Crippen molar-refractivity contribution in [2.24, 2.45) is 0 Å². The summed E-state index contributed by atoms with van der Waals surface area (Å²) in [6, 6.07) is 11.9. The van der Waals surface area contributed by atoms with Crippen molar-refractivity contribution >= 4 is 34.3 Å². The number of nitrogens with zero attached hydrogens (tertiary/aromatic N) is 3. The molecule has 7 heteroatoms. The molecule has 2 aromatic heterocycles. The summed E-state index contributed by atoms with van der Waals surface area (Å²) in [5.41, 5.74) is 3.42. The maximum Gasteiger partial charge on any atom is 0.135 e. The van der Waals surface area contributed by atoms with Gasteiger partial charge in [0.1, 0.15) is 16.6 Å². The topological polar surface area (TPSA) is 65.1 Å². The van der Waals surface area contributed by atoms with E-state index in [1.165, 1.54) is 11.3 Å². The molecule has 0 amide bonds. The Hall–Kier alpha value is -2.57. The second kappa shape index (κ2) is 7.45. The summed E-state index contributed by atoms with van der Waals surface area (Å²) in [5.74, 6) is 0.510. The first kappa shape index (κ1) is 18.8. The highest BCUT2D eigenvalue weighted by molar-refractivity contribution is 7.11. The van der Waals surface area contributed by atoms with E-state index in [-0.39, 0.29) is 5.76 Å². The molecule has 3 heterocycles. The summed E-state index contributed by atoms with van der Waals surface area (Å²) in [6.45, 7) is 5.17. The molecule has 5 nitrogen and oxygen atoms in total. The van der Waals surface area contributed by atoms with Crippen molar-refractivity contribution in [1.29, 1.82) is 5.41 Å². The molecule has 1 aliphatic rings. The molecule has 0 bridgehead atoms. The quantitative estimate of drug-likeness (QED) is 0.572.